The van der Waals surface area contributed by atoms with Crippen LogP contribution in [0.5, 0.6) is 0 Å². The fourth-order valence-electron chi connectivity index (χ4n) is 3.16. The first kappa shape index (κ1) is 20.8. The van der Waals surface area contributed by atoms with Crippen molar-refractivity contribution in [2.24, 2.45) is 0 Å². The second-order valence-electron chi connectivity index (χ2n) is 6.55. The van der Waals surface area contributed by atoms with Crippen LogP contribution in [-0.4, -0.2) is 64.1 Å². The molecule has 7 nitrogen and oxygen atoms in total. The predicted molar refractivity (Wildman–Crippen MR) is 101 cm³/mol. The molecule has 146 valence electrons. The van der Waals surface area contributed by atoms with Crippen molar-refractivity contribution in [2.75, 3.05) is 44.7 Å². The van der Waals surface area contributed by atoms with Crippen LogP contribution in [0.25, 0.3) is 0 Å². The van der Waals surface area contributed by atoms with E-state index in [1.54, 1.807) is 25.1 Å². The van der Waals surface area contributed by atoms with Crippen molar-refractivity contribution in [3.8, 4) is 0 Å². The summed E-state index contributed by atoms with van der Waals surface area (Å²) >= 11 is 0. The number of carbonyl (C=O) groups is 1. The van der Waals surface area contributed by atoms with Gasteiger partial charge < -0.3 is 15.0 Å². The van der Waals surface area contributed by atoms with Gasteiger partial charge in [0.25, 0.3) is 5.91 Å². The summed E-state index contributed by atoms with van der Waals surface area (Å²) in [6.07, 6.45) is 0. The highest BCUT2D eigenvalue weighted by Gasteiger charge is 2.28. The number of hydrogen-bond acceptors (Lipinski definition) is 4. The number of aryl methyl sites for hydroxylation is 1. The molecule has 26 heavy (non-hydrogen) atoms. The van der Waals surface area contributed by atoms with Crippen LogP contribution in [0.1, 0.15) is 26.3 Å². The summed E-state index contributed by atoms with van der Waals surface area (Å²) in [7, 11) is -3.57. The number of sulfonamides is 1. The normalized spacial score (nSPS) is 17.3. The van der Waals surface area contributed by atoms with Crippen molar-refractivity contribution in [2.45, 2.75) is 38.6 Å². The zero-order chi connectivity index (χ0) is 19.3. The lowest BCUT2D eigenvalue weighted by Crippen LogP contribution is -3.18. The fourth-order valence-corrected chi connectivity index (χ4v) is 4.87. The molecule has 1 aromatic rings. The van der Waals surface area contributed by atoms with Crippen molar-refractivity contribution in [1.82, 2.24) is 4.31 Å². The van der Waals surface area contributed by atoms with E-state index in [-0.39, 0.29) is 16.8 Å². The summed E-state index contributed by atoms with van der Waals surface area (Å²) in [5, 5.41) is 2.87. The molecule has 0 aromatic heterocycles. The lowest BCUT2D eigenvalue weighted by Gasteiger charge is -2.28. The third kappa shape index (κ3) is 4.62. The molecule has 1 fully saturated rings. The SMILES string of the molecule is CCN(CC)S(=O)(=O)c1cc(NC(=O)[C@@H](C)[NH+]2CCOCC2)ccc1C. The van der Waals surface area contributed by atoms with E-state index in [2.05, 4.69) is 5.32 Å². The van der Waals surface area contributed by atoms with Gasteiger partial charge in [0, 0.05) is 18.8 Å². The molecular formula is C18H30N3O4S+. The van der Waals surface area contributed by atoms with Crippen LogP contribution in [0.2, 0.25) is 0 Å². The topological polar surface area (TPSA) is 80.2 Å². The monoisotopic (exact) mass is 384 g/mol. The maximum absolute atomic E-state index is 12.8. The molecule has 2 N–H and O–H groups in total. The highest BCUT2D eigenvalue weighted by atomic mass is 32.2. The molecule has 0 unspecified atom stereocenters. The predicted octanol–water partition coefficient (Wildman–Crippen LogP) is 0.268. The van der Waals surface area contributed by atoms with E-state index >= 15 is 0 Å². The van der Waals surface area contributed by atoms with Gasteiger partial charge in [-0.2, -0.15) is 4.31 Å². The van der Waals surface area contributed by atoms with Crippen molar-refractivity contribution < 1.29 is 22.8 Å². The van der Waals surface area contributed by atoms with Crippen LogP contribution in [0.3, 0.4) is 0 Å². The zero-order valence-corrected chi connectivity index (χ0v) is 16.9. The number of anilines is 1. The lowest BCUT2D eigenvalue weighted by molar-refractivity contribution is -0.921. The van der Waals surface area contributed by atoms with Gasteiger partial charge in [0.1, 0.15) is 13.1 Å². The Morgan fingerprint density at radius 2 is 1.88 bits per heavy atom. The lowest BCUT2D eigenvalue weighted by atomic mass is 10.2. The molecule has 0 radical (unpaired) electrons. The van der Waals surface area contributed by atoms with E-state index < -0.39 is 10.0 Å². The van der Waals surface area contributed by atoms with Gasteiger partial charge in [-0.25, -0.2) is 8.42 Å². The van der Waals surface area contributed by atoms with Gasteiger partial charge in [-0.15, -0.1) is 0 Å². The van der Waals surface area contributed by atoms with Crippen LogP contribution in [0, 0.1) is 6.92 Å². The minimum absolute atomic E-state index is 0.114. The molecule has 1 aliphatic rings. The molecule has 1 heterocycles. The Morgan fingerprint density at radius 1 is 1.27 bits per heavy atom. The maximum Gasteiger partial charge on any atom is 0.282 e. The van der Waals surface area contributed by atoms with Gasteiger partial charge in [0.15, 0.2) is 6.04 Å². The largest absolute Gasteiger partial charge is 0.370 e. The van der Waals surface area contributed by atoms with E-state index in [9.17, 15) is 13.2 Å². The van der Waals surface area contributed by atoms with Crippen molar-refractivity contribution in [3.05, 3.63) is 23.8 Å². The molecule has 0 spiro atoms. The summed E-state index contributed by atoms with van der Waals surface area (Å²) < 4.78 is 32.4. The Bertz CT molecular complexity index is 726. The first-order valence-electron chi connectivity index (χ1n) is 9.15. The molecule has 1 amide bonds. The standard InChI is InChI=1S/C18H29N3O4S/c1-5-21(6-2)26(23,24)17-13-16(8-7-14(17)3)19-18(22)15(4)20-9-11-25-12-10-20/h7-8,13,15H,5-6,9-12H2,1-4H3,(H,19,22)/p+1/t15-/m1/s1. The van der Waals surface area contributed by atoms with Crippen molar-refractivity contribution >= 4 is 21.6 Å². The Hall–Kier alpha value is -1.48. The third-order valence-corrected chi connectivity index (χ3v) is 7.11. The van der Waals surface area contributed by atoms with E-state index in [1.165, 1.54) is 9.21 Å². The molecule has 8 heteroatoms. The maximum atomic E-state index is 12.8. The smallest absolute Gasteiger partial charge is 0.282 e. The molecule has 0 bridgehead atoms. The molecule has 1 saturated heterocycles. The number of morpholine rings is 1. The second kappa shape index (κ2) is 8.94. The summed E-state index contributed by atoms with van der Waals surface area (Å²) in [4.78, 5) is 14.0. The highest BCUT2D eigenvalue weighted by Crippen LogP contribution is 2.23. The average Bonchev–Trinajstić information content (AvgIpc) is 2.64. The molecule has 0 aliphatic carbocycles. The molecule has 1 aromatic carbocycles. The van der Waals surface area contributed by atoms with E-state index in [4.69, 9.17) is 4.74 Å². The minimum Gasteiger partial charge on any atom is -0.370 e. The highest BCUT2D eigenvalue weighted by molar-refractivity contribution is 7.89. The number of rotatable bonds is 7. The molecular weight excluding hydrogens is 354 g/mol. The van der Waals surface area contributed by atoms with Gasteiger partial charge in [-0.1, -0.05) is 19.9 Å². The minimum atomic E-state index is -3.57. The van der Waals surface area contributed by atoms with Gasteiger partial charge in [-0.05, 0) is 31.5 Å². The molecule has 2 rings (SSSR count). The van der Waals surface area contributed by atoms with Gasteiger partial charge in [0.2, 0.25) is 10.0 Å². The van der Waals surface area contributed by atoms with Crippen molar-refractivity contribution in [3.63, 3.8) is 0 Å². The number of amides is 1. The number of nitrogens with one attached hydrogen (secondary N) is 2. The van der Waals surface area contributed by atoms with Gasteiger partial charge in [0.05, 0.1) is 18.1 Å². The summed E-state index contributed by atoms with van der Waals surface area (Å²) in [5.74, 6) is -0.114. The Labute approximate surface area is 156 Å². The first-order valence-corrected chi connectivity index (χ1v) is 10.6. The number of quaternary nitrogens is 1. The van der Waals surface area contributed by atoms with E-state index in [0.29, 0.717) is 37.6 Å². The second-order valence-corrected chi connectivity index (χ2v) is 8.46. The van der Waals surface area contributed by atoms with Crippen LogP contribution in [0.4, 0.5) is 5.69 Å². The Morgan fingerprint density at radius 3 is 2.46 bits per heavy atom. The van der Waals surface area contributed by atoms with Crippen molar-refractivity contribution in [1.29, 1.82) is 0 Å². The summed E-state index contributed by atoms with van der Waals surface area (Å²) in [6, 6.07) is 4.82. The first-order chi connectivity index (χ1) is 12.3. The number of hydrogen-bond donors (Lipinski definition) is 2. The Balaban J connectivity index is 2.19. The van der Waals surface area contributed by atoms with Crippen LogP contribution < -0.4 is 10.2 Å². The summed E-state index contributed by atoms with van der Waals surface area (Å²) in [5.41, 5.74) is 1.17. The Kier molecular flexibility index (Phi) is 7.16. The molecule has 0 saturated carbocycles. The van der Waals surface area contributed by atoms with Gasteiger partial charge >= 0.3 is 0 Å². The summed E-state index contributed by atoms with van der Waals surface area (Å²) in [6.45, 7) is 11.0. The zero-order valence-electron chi connectivity index (χ0n) is 16.0. The number of nitrogens with zero attached hydrogens (tertiary/aromatic N) is 1. The quantitative estimate of drug-likeness (QED) is 0.707. The van der Waals surface area contributed by atoms with Crippen LogP contribution in [0.15, 0.2) is 23.1 Å². The number of benzene rings is 1. The van der Waals surface area contributed by atoms with Crippen LogP contribution >= 0.6 is 0 Å². The van der Waals surface area contributed by atoms with Gasteiger partial charge in [-0.3, -0.25) is 4.79 Å². The molecule has 1 atom stereocenters. The number of carbonyl (C=O) groups excluding carboxylic acids is 1. The van der Waals surface area contributed by atoms with E-state index in [1.807, 2.05) is 20.8 Å². The van der Waals surface area contributed by atoms with E-state index in [0.717, 1.165) is 13.1 Å². The fraction of sp³-hybridized carbons (Fsp3) is 0.611. The third-order valence-electron chi connectivity index (χ3n) is 4.92. The molecule has 1 aliphatic heterocycles. The average molecular weight is 385 g/mol. The number of ether oxygens (including phenoxy) is 1. The van der Waals surface area contributed by atoms with Crippen LogP contribution in [-0.2, 0) is 19.6 Å².